The van der Waals surface area contributed by atoms with Crippen LogP contribution in [0.25, 0.3) is 11.0 Å². The summed E-state index contributed by atoms with van der Waals surface area (Å²) in [5, 5.41) is 11.3. The van der Waals surface area contributed by atoms with E-state index in [4.69, 9.17) is 0 Å². The third kappa shape index (κ3) is 2.13. The van der Waals surface area contributed by atoms with Crippen molar-refractivity contribution in [1.29, 1.82) is 5.26 Å². The molecule has 4 nitrogen and oxygen atoms in total. The molecular formula is C17H14N4S. The number of nitriles is 1. The molecule has 0 bridgehead atoms. The van der Waals surface area contributed by atoms with Gasteiger partial charge < -0.3 is 4.98 Å². The van der Waals surface area contributed by atoms with E-state index in [1.165, 1.54) is 23.3 Å². The van der Waals surface area contributed by atoms with Gasteiger partial charge in [0.15, 0.2) is 0 Å². The number of thiophene rings is 1. The predicted octanol–water partition coefficient (Wildman–Crippen LogP) is 4.13. The number of aryl methyl sites for hydroxylation is 1. The summed E-state index contributed by atoms with van der Waals surface area (Å²) in [6.07, 6.45) is 9.99. The molecule has 1 aliphatic rings. The number of hydrogen-bond donors (Lipinski definition) is 1. The molecule has 0 aromatic carbocycles. The van der Waals surface area contributed by atoms with E-state index >= 15 is 0 Å². The number of H-pyrrole nitrogens is 1. The highest BCUT2D eigenvalue weighted by atomic mass is 32.1. The number of nitrogens with zero attached hydrogens (tertiary/aromatic N) is 3. The van der Waals surface area contributed by atoms with Crippen molar-refractivity contribution in [3.8, 4) is 6.07 Å². The molecule has 22 heavy (non-hydrogen) atoms. The third-order valence-electron chi connectivity index (χ3n) is 4.07. The molecule has 0 atom stereocenters. The van der Waals surface area contributed by atoms with Crippen molar-refractivity contribution in [3.63, 3.8) is 0 Å². The van der Waals surface area contributed by atoms with Gasteiger partial charge in [0, 0.05) is 34.4 Å². The summed E-state index contributed by atoms with van der Waals surface area (Å²) in [5.41, 5.74) is 3.86. The van der Waals surface area contributed by atoms with Crippen molar-refractivity contribution < 1.29 is 0 Å². The molecular weight excluding hydrogens is 292 g/mol. The lowest BCUT2D eigenvalue weighted by atomic mass is 9.96. The maximum absolute atomic E-state index is 9.46. The highest BCUT2D eigenvalue weighted by Crippen LogP contribution is 2.39. The number of aromatic amines is 1. The van der Waals surface area contributed by atoms with Crippen molar-refractivity contribution >= 4 is 33.6 Å². The fourth-order valence-electron chi connectivity index (χ4n) is 2.97. The second-order valence-electron chi connectivity index (χ2n) is 5.40. The Balaban J connectivity index is 1.74. The Morgan fingerprint density at radius 3 is 3.18 bits per heavy atom. The normalized spacial score (nSPS) is 14.3. The van der Waals surface area contributed by atoms with Gasteiger partial charge >= 0.3 is 0 Å². The number of rotatable bonds is 2. The van der Waals surface area contributed by atoms with Crippen LogP contribution in [0.3, 0.4) is 0 Å². The van der Waals surface area contributed by atoms with E-state index in [1.807, 2.05) is 24.5 Å². The predicted molar refractivity (Wildman–Crippen MR) is 89.0 cm³/mol. The van der Waals surface area contributed by atoms with Crippen LogP contribution in [-0.2, 0) is 12.8 Å². The number of pyridine rings is 1. The molecule has 3 aromatic heterocycles. The van der Waals surface area contributed by atoms with Gasteiger partial charge in [0.1, 0.15) is 16.7 Å². The molecule has 1 N–H and O–H groups in total. The van der Waals surface area contributed by atoms with E-state index in [0.29, 0.717) is 0 Å². The van der Waals surface area contributed by atoms with Crippen LogP contribution >= 0.6 is 11.3 Å². The van der Waals surface area contributed by atoms with Crippen LogP contribution in [0.4, 0.5) is 5.00 Å². The van der Waals surface area contributed by atoms with Gasteiger partial charge in [-0.05, 0) is 43.4 Å². The molecule has 3 heterocycles. The summed E-state index contributed by atoms with van der Waals surface area (Å²) in [7, 11) is 0. The van der Waals surface area contributed by atoms with Crippen LogP contribution in [0.2, 0.25) is 0 Å². The highest BCUT2D eigenvalue weighted by molar-refractivity contribution is 7.16. The molecule has 0 spiro atoms. The SMILES string of the molecule is N#Cc1c(N=Cc2c[nH]c3ncccc23)sc2c1CCCC2. The maximum atomic E-state index is 9.46. The van der Waals surface area contributed by atoms with Gasteiger partial charge in [-0.1, -0.05) is 0 Å². The number of hydrogen-bond acceptors (Lipinski definition) is 4. The second kappa shape index (κ2) is 5.39. The highest BCUT2D eigenvalue weighted by Gasteiger charge is 2.20. The number of aliphatic imine (C=N–C) groups is 1. The van der Waals surface area contributed by atoms with Gasteiger partial charge in [-0.25, -0.2) is 9.98 Å². The molecule has 1 aliphatic carbocycles. The van der Waals surface area contributed by atoms with Crippen molar-refractivity contribution in [3.05, 3.63) is 46.1 Å². The topological polar surface area (TPSA) is 64.8 Å². The molecule has 0 unspecified atom stereocenters. The van der Waals surface area contributed by atoms with E-state index < -0.39 is 0 Å². The summed E-state index contributed by atoms with van der Waals surface area (Å²) in [5.74, 6) is 0. The van der Waals surface area contributed by atoms with Crippen LogP contribution in [0, 0.1) is 11.3 Å². The first-order valence-electron chi connectivity index (χ1n) is 7.37. The first-order chi connectivity index (χ1) is 10.9. The summed E-state index contributed by atoms with van der Waals surface area (Å²) in [6, 6.07) is 6.28. The third-order valence-corrected chi connectivity index (χ3v) is 5.27. The van der Waals surface area contributed by atoms with Gasteiger partial charge in [0.25, 0.3) is 0 Å². The molecule has 0 amide bonds. The van der Waals surface area contributed by atoms with Crippen molar-refractivity contribution in [2.45, 2.75) is 25.7 Å². The average Bonchev–Trinajstić information content (AvgIpc) is 3.13. The van der Waals surface area contributed by atoms with E-state index in [1.54, 1.807) is 17.5 Å². The molecule has 0 aliphatic heterocycles. The Morgan fingerprint density at radius 1 is 1.36 bits per heavy atom. The molecule has 3 aromatic rings. The monoisotopic (exact) mass is 306 g/mol. The number of nitrogens with one attached hydrogen (secondary N) is 1. The molecule has 4 rings (SSSR count). The minimum atomic E-state index is 0.772. The molecule has 0 saturated carbocycles. The van der Waals surface area contributed by atoms with Gasteiger partial charge in [0.05, 0.1) is 5.56 Å². The Kier molecular flexibility index (Phi) is 3.24. The van der Waals surface area contributed by atoms with Crippen LogP contribution in [0.5, 0.6) is 0 Å². The summed E-state index contributed by atoms with van der Waals surface area (Å²) < 4.78 is 0. The lowest BCUT2D eigenvalue weighted by Crippen LogP contribution is -1.99. The van der Waals surface area contributed by atoms with E-state index in [-0.39, 0.29) is 0 Å². The molecule has 5 heteroatoms. The fourth-order valence-corrected chi connectivity index (χ4v) is 4.15. The maximum Gasteiger partial charge on any atom is 0.137 e. The first-order valence-corrected chi connectivity index (χ1v) is 8.19. The van der Waals surface area contributed by atoms with Gasteiger partial charge in [0.2, 0.25) is 0 Å². The van der Waals surface area contributed by atoms with E-state index in [0.717, 1.165) is 40.0 Å². The van der Waals surface area contributed by atoms with Crippen molar-refractivity contribution in [2.24, 2.45) is 4.99 Å². The zero-order chi connectivity index (χ0) is 14.9. The zero-order valence-electron chi connectivity index (χ0n) is 12.0. The Labute approximate surface area is 132 Å². The summed E-state index contributed by atoms with van der Waals surface area (Å²) in [6.45, 7) is 0. The smallest absolute Gasteiger partial charge is 0.137 e. The summed E-state index contributed by atoms with van der Waals surface area (Å²) >= 11 is 1.67. The largest absolute Gasteiger partial charge is 0.345 e. The Morgan fingerprint density at radius 2 is 2.27 bits per heavy atom. The zero-order valence-corrected chi connectivity index (χ0v) is 12.8. The molecule has 108 valence electrons. The minimum absolute atomic E-state index is 0.772. The van der Waals surface area contributed by atoms with Gasteiger partial charge in [-0.15, -0.1) is 11.3 Å². The summed E-state index contributed by atoms with van der Waals surface area (Å²) in [4.78, 5) is 13.4. The van der Waals surface area contributed by atoms with E-state index in [9.17, 15) is 5.26 Å². The minimum Gasteiger partial charge on any atom is -0.345 e. The van der Waals surface area contributed by atoms with Crippen LogP contribution in [-0.4, -0.2) is 16.2 Å². The second-order valence-corrected chi connectivity index (χ2v) is 6.49. The quantitative estimate of drug-likeness (QED) is 0.724. The van der Waals surface area contributed by atoms with E-state index in [2.05, 4.69) is 21.0 Å². The Hall–Kier alpha value is -2.45. The lowest BCUT2D eigenvalue weighted by Gasteiger charge is -2.09. The molecule has 0 saturated heterocycles. The number of fused-ring (bicyclic) bond motifs is 2. The fraction of sp³-hybridized carbons (Fsp3) is 0.235. The van der Waals surface area contributed by atoms with Crippen LogP contribution in [0.15, 0.2) is 29.5 Å². The first kappa shape index (κ1) is 13.2. The van der Waals surface area contributed by atoms with Crippen LogP contribution < -0.4 is 0 Å². The standard InChI is InChI=1S/C17H14N4S/c18-8-14-13-4-1-2-6-15(13)22-17(14)21-10-11-9-20-16-12(11)5-3-7-19-16/h3,5,7,9-10H,1-2,4,6H2,(H,19,20). The molecule has 0 radical (unpaired) electrons. The Bertz CT molecular complexity index is 911. The van der Waals surface area contributed by atoms with Crippen molar-refractivity contribution in [1.82, 2.24) is 9.97 Å². The molecule has 0 fully saturated rings. The average molecular weight is 306 g/mol. The van der Waals surface area contributed by atoms with Gasteiger partial charge in [-0.3, -0.25) is 0 Å². The van der Waals surface area contributed by atoms with Crippen molar-refractivity contribution in [2.75, 3.05) is 0 Å². The van der Waals surface area contributed by atoms with Gasteiger partial charge in [-0.2, -0.15) is 5.26 Å². The number of aromatic nitrogens is 2. The van der Waals surface area contributed by atoms with Crippen LogP contribution in [0.1, 0.15) is 34.4 Å². The lowest BCUT2D eigenvalue weighted by molar-refractivity contribution is 0.696.